The van der Waals surface area contributed by atoms with Crippen LogP contribution in [0, 0.1) is 0 Å². The highest BCUT2D eigenvalue weighted by Crippen LogP contribution is 2.28. The summed E-state index contributed by atoms with van der Waals surface area (Å²) in [4.78, 5) is 34.9. The van der Waals surface area contributed by atoms with Crippen LogP contribution >= 0.6 is 11.3 Å². The van der Waals surface area contributed by atoms with Gasteiger partial charge < -0.3 is 14.6 Å². The normalized spacial score (nSPS) is 10.5. The maximum absolute atomic E-state index is 11.8. The van der Waals surface area contributed by atoms with E-state index >= 15 is 0 Å². The van der Waals surface area contributed by atoms with Gasteiger partial charge in [-0.25, -0.2) is 4.98 Å². The molecule has 0 unspecified atom stereocenters. The summed E-state index contributed by atoms with van der Waals surface area (Å²) in [5.74, 6) is -1.00. The Morgan fingerprint density at radius 1 is 1.10 bits per heavy atom. The zero-order valence-corrected chi connectivity index (χ0v) is 11.6. The number of aliphatic carboxylic acids is 1. The number of hydrogen-bond acceptors (Lipinski definition) is 8. The standard InChI is InChI=1S/C11H11N3O5S/c1-18-8-9(19-2)14-11-7(12-8)13-10(20-11)5(15)3-4-6(16)17/h3-4H2,1-2H3,(H,16,17). The predicted molar refractivity (Wildman–Crippen MR) is 69.5 cm³/mol. The summed E-state index contributed by atoms with van der Waals surface area (Å²) < 4.78 is 10.0. The molecule has 2 aromatic rings. The second kappa shape index (κ2) is 5.78. The van der Waals surface area contributed by atoms with Gasteiger partial charge in [-0.2, -0.15) is 9.97 Å². The quantitative estimate of drug-likeness (QED) is 0.790. The van der Waals surface area contributed by atoms with Crippen molar-refractivity contribution in [2.24, 2.45) is 0 Å². The van der Waals surface area contributed by atoms with E-state index in [0.29, 0.717) is 4.83 Å². The van der Waals surface area contributed by atoms with Crippen LogP contribution in [0.2, 0.25) is 0 Å². The van der Waals surface area contributed by atoms with E-state index in [0.717, 1.165) is 11.3 Å². The number of rotatable bonds is 6. The lowest BCUT2D eigenvalue weighted by atomic mass is 10.2. The molecule has 0 aromatic carbocycles. The van der Waals surface area contributed by atoms with Crippen molar-refractivity contribution >= 4 is 33.6 Å². The van der Waals surface area contributed by atoms with E-state index < -0.39 is 5.97 Å². The monoisotopic (exact) mass is 297 g/mol. The number of fused-ring (bicyclic) bond motifs is 1. The number of methoxy groups -OCH3 is 2. The van der Waals surface area contributed by atoms with E-state index in [1.807, 2.05) is 0 Å². The van der Waals surface area contributed by atoms with Crippen LogP contribution in [-0.4, -0.2) is 46.0 Å². The maximum atomic E-state index is 11.8. The Kier molecular flexibility index (Phi) is 4.08. The third-order valence-corrected chi connectivity index (χ3v) is 3.36. The molecule has 2 heterocycles. The van der Waals surface area contributed by atoms with Crippen molar-refractivity contribution in [1.29, 1.82) is 0 Å². The van der Waals surface area contributed by atoms with Gasteiger partial charge in [0.25, 0.3) is 11.8 Å². The summed E-state index contributed by atoms with van der Waals surface area (Å²) in [6.07, 6.45) is -0.342. The van der Waals surface area contributed by atoms with Crippen LogP contribution in [0.25, 0.3) is 10.5 Å². The van der Waals surface area contributed by atoms with Crippen molar-refractivity contribution in [3.05, 3.63) is 5.01 Å². The Morgan fingerprint density at radius 2 is 1.75 bits per heavy atom. The van der Waals surface area contributed by atoms with Crippen LogP contribution in [0.5, 0.6) is 11.8 Å². The molecule has 0 fully saturated rings. The van der Waals surface area contributed by atoms with Crippen molar-refractivity contribution in [3.63, 3.8) is 0 Å². The molecule has 0 radical (unpaired) electrons. The molecule has 0 aliphatic heterocycles. The van der Waals surface area contributed by atoms with Crippen LogP contribution in [0.3, 0.4) is 0 Å². The van der Waals surface area contributed by atoms with Crippen LogP contribution in [0.4, 0.5) is 0 Å². The first-order valence-electron chi connectivity index (χ1n) is 5.56. The molecule has 0 saturated heterocycles. The number of thiazole rings is 1. The molecule has 2 rings (SSSR count). The van der Waals surface area contributed by atoms with Crippen molar-refractivity contribution < 1.29 is 24.2 Å². The summed E-state index contributed by atoms with van der Waals surface area (Å²) in [6.45, 7) is 0. The lowest BCUT2D eigenvalue weighted by Gasteiger charge is -2.03. The van der Waals surface area contributed by atoms with E-state index in [1.165, 1.54) is 14.2 Å². The molecule has 8 nitrogen and oxygen atoms in total. The predicted octanol–water partition coefficient (Wildman–Crippen LogP) is 1.15. The molecule has 0 saturated carbocycles. The van der Waals surface area contributed by atoms with Crippen LogP contribution < -0.4 is 9.47 Å². The summed E-state index contributed by atoms with van der Waals surface area (Å²) in [7, 11) is 2.85. The number of carboxylic acids is 1. The van der Waals surface area contributed by atoms with Gasteiger partial charge in [0, 0.05) is 6.42 Å². The molecule has 106 valence electrons. The number of carbonyl (C=O) groups is 2. The average molecular weight is 297 g/mol. The number of carboxylic acid groups (broad SMARTS) is 1. The first-order chi connectivity index (χ1) is 9.55. The summed E-state index contributed by atoms with van der Waals surface area (Å²) >= 11 is 1.04. The Labute approximate surface area is 117 Å². The average Bonchev–Trinajstić information content (AvgIpc) is 2.85. The number of Topliss-reactive ketones (excluding diaryl/α,β-unsaturated/α-hetero) is 1. The molecule has 0 atom stereocenters. The Balaban J connectivity index is 2.33. The second-order valence-corrected chi connectivity index (χ2v) is 4.68. The minimum absolute atomic E-state index is 0.108. The van der Waals surface area contributed by atoms with Gasteiger partial charge in [-0.15, -0.1) is 0 Å². The zero-order chi connectivity index (χ0) is 14.7. The maximum Gasteiger partial charge on any atom is 0.303 e. The van der Waals surface area contributed by atoms with Crippen LogP contribution in [-0.2, 0) is 4.79 Å². The summed E-state index contributed by atoms with van der Waals surface area (Å²) in [5, 5.41) is 8.74. The highest BCUT2D eigenvalue weighted by Gasteiger charge is 2.18. The molecule has 0 spiro atoms. The van der Waals surface area contributed by atoms with Crippen molar-refractivity contribution in [1.82, 2.24) is 15.0 Å². The lowest BCUT2D eigenvalue weighted by molar-refractivity contribution is -0.136. The Hall–Kier alpha value is -2.29. The Morgan fingerprint density at radius 3 is 2.35 bits per heavy atom. The number of ketones is 1. The highest BCUT2D eigenvalue weighted by molar-refractivity contribution is 7.19. The summed E-state index contributed by atoms with van der Waals surface area (Å²) in [6, 6.07) is 0. The SMILES string of the molecule is COc1nc2nc(C(=O)CCC(=O)O)sc2nc1OC. The van der Waals surface area contributed by atoms with E-state index in [4.69, 9.17) is 14.6 Å². The van der Waals surface area contributed by atoms with Crippen molar-refractivity contribution in [3.8, 4) is 11.8 Å². The lowest BCUT2D eigenvalue weighted by Crippen LogP contribution is -2.03. The fraction of sp³-hybridized carbons (Fsp3) is 0.364. The molecule has 9 heteroatoms. The summed E-state index contributed by atoms with van der Waals surface area (Å²) in [5.41, 5.74) is 0.270. The minimum Gasteiger partial charge on any atom is -0.481 e. The van der Waals surface area contributed by atoms with Crippen LogP contribution in [0.1, 0.15) is 22.6 Å². The molecular formula is C11H11N3O5S. The van der Waals surface area contributed by atoms with Crippen LogP contribution in [0.15, 0.2) is 0 Å². The number of ether oxygens (including phenoxy) is 2. The second-order valence-electron chi connectivity index (χ2n) is 3.71. The van der Waals surface area contributed by atoms with E-state index in [-0.39, 0.29) is 41.0 Å². The zero-order valence-electron chi connectivity index (χ0n) is 10.7. The first kappa shape index (κ1) is 14.1. The number of carbonyl (C=O) groups excluding carboxylic acids is 1. The molecule has 0 aliphatic carbocycles. The molecule has 1 N–H and O–H groups in total. The fourth-order valence-corrected chi connectivity index (χ4v) is 2.29. The molecule has 2 aromatic heterocycles. The number of aromatic nitrogens is 3. The van der Waals surface area contributed by atoms with Gasteiger partial charge >= 0.3 is 5.97 Å². The molecule has 0 bridgehead atoms. The molecule has 0 aliphatic rings. The number of nitrogens with zero attached hydrogens (tertiary/aromatic N) is 3. The highest BCUT2D eigenvalue weighted by atomic mass is 32.1. The third-order valence-electron chi connectivity index (χ3n) is 2.38. The van der Waals surface area contributed by atoms with E-state index in [1.54, 1.807) is 0 Å². The van der Waals surface area contributed by atoms with Gasteiger partial charge in [-0.05, 0) is 0 Å². The fourth-order valence-electron chi connectivity index (χ4n) is 1.45. The van der Waals surface area contributed by atoms with E-state index in [9.17, 15) is 9.59 Å². The van der Waals surface area contributed by atoms with Crippen molar-refractivity contribution in [2.75, 3.05) is 14.2 Å². The minimum atomic E-state index is -1.03. The van der Waals surface area contributed by atoms with Crippen molar-refractivity contribution in [2.45, 2.75) is 12.8 Å². The molecular weight excluding hydrogens is 286 g/mol. The largest absolute Gasteiger partial charge is 0.481 e. The van der Waals surface area contributed by atoms with E-state index in [2.05, 4.69) is 15.0 Å². The van der Waals surface area contributed by atoms with Gasteiger partial charge in [0.2, 0.25) is 0 Å². The molecule has 0 amide bonds. The number of hydrogen-bond donors (Lipinski definition) is 1. The van der Waals surface area contributed by atoms with Gasteiger partial charge in [0.05, 0.1) is 20.6 Å². The molecule has 20 heavy (non-hydrogen) atoms. The van der Waals surface area contributed by atoms with Gasteiger partial charge in [0.15, 0.2) is 21.3 Å². The smallest absolute Gasteiger partial charge is 0.303 e. The Bertz CT molecular complexity index is 628. The van der Waals surface area contributed by atoms with Gasteiger partial charge in [-0.3, -0.25) is 9.59 Å². The third kappa shape index (κ3) is 2.82. The topological polar surface area (TPSA) is 112 Å². The van der Waals surface area contributed by atoms with Gasteiger partial charge in [0.1, 0.15) is 0 Å². The van der Waals surface area contributed by atoms with Gasteiger partial charge in [-0.1, -0.05) is 11.3 Å². The first-order valence-corrected chi connectivity index (χ1v) is 6.38.